The number of carbonyl (C=O) groups excluding carboxylic acids is 2. The van der Waals surface area contributed by atoms with E-state index in [9.17, 15) is 9.59 Å². The van der Waals surface area contributed by atoms with E-state index >= 15 is 0 Å². The van der Waals surface area contributed by atoms with Crippen molar-refractivity contribution in [1.29, 1.82) is 0 Å². The lowest BCUT2D eigenvalue weighted by Gasteiger charge is -2.34. The van der Waals surface area contributed by atoms with E-state index in [2.05, 4.69) is 27.9 Å². The van der Waals surface area contributed by atoms with E-state index in [4.69, 9.17) is 0 Å². The van der Waals surface area contributed by atoms with Gasteiger partial charge in [0, 0.05) is 24.6 Å². The molecule has 0 saturated heterocycles. The highest BCUT2D eigenvalue weighted by Crippen LogP contribution is 2.30. The van der Waals surface area contributed by atoms with Crippen molar-refractivity contribution in [1.82, 2.24) is 15.8 Å². The zero-order valence-corrected chi connectivity index (χ0v) is 14.6. The van der Waals surface area contributed by atoms with Gasteiger partial charge in [-0.3, -0.25) is 25.3 Å². The van der Waals surface area contributed by atoms with Crippen LogP contribution in [0.25, 0.3) is 0 Å². The second kappa shape index (κ2) is 7.49. The molecule has 1 aliphatic rings. The van der Waals surface area contributed by atoms with Crippen molar-refractivity contribution in [2.24, 2.45) is 0 Å². The molecule has 0 aliphatic carbocycles. The quantitative estimate of drug-likeness (QED) is 0.846. The molecule has 25 heavy (non-hydrogen) atoms. The fourth-order valence-electron chi connectivity index (χ4n) is 3.29. The topological polar surface area (TPSA) is 61.4 Å². The number of nitrogens with one attached hydrogen (secondary N) is 2. The van der Waals surface area contributed by atoms with Gasteiger partial charge in [-0.25, -0.2) is 0 Å². The third kappa shape index (κ3) is 3.88. The first kappa shape index (κ1) is 17.2. The first-order valence-electron chi connectivity index (χ1n) is 8.49. The van der Waals surface area contributed by atoms with E-state index in [1.165, 1.54) is 11.1 Å². The van der Waals surface area contributed by atoms with Gasteiger partial charge in [-0.05, 0) is 43.1 Å². The molecule has 5 heteroatoms. The minimum atomic E-state index is -0.302. The van der Waals surface area contributed by atoms with Gasteiger partial charge in [0.2, 0.25) is 5.91 Å². The predicted octanol–water partition coefficient (Wildman–Crippen LogP) is 2.38. The molecule has 0 bridgehead atoms. The van der Waals surface area contributed by atoms with E-state index in [1.807, 2.05) is 38.2 Å². The van der Waals surface area contributed by atoms with Gasteiger partial charge in [0.05, 0.1) is 0 Å². The van der Waals surface area contributed by atoms with E-state index < -0.39 is 0 Å². The van der Waals surface area contributed by atoms with Gasteiger partial charge in [-0.15, -0.1) is 0 Å². The predicted molar refractivity (Wildman–Crippen MR) is 96.9 cm³/mol. The van der Waals surface area contributed by atoms with Crippen LogP contribution in [0.3, 0.4) is 0 Å². The third-order valence-corrected chi connectivity index (χ3v) is 4.76. The van der Waals surface area contributed by atoms with E-state index in [0.29, 0.717) is 12.0 Å². The Bertz CT molecular complexity index is 788. The van der Waals surface area contributed by atoms with Gasteiger partial charge in [0.15, 0.2) is 0 Å². The van der Waals surface area contributed by atoms with E-state index in [-0.39, 0.29) is 17.9 Å². The lowest BCUT2D eigenvalue weighted by atomic mass is 9.91. The second-order valence-electron chi connectivity index (χ2n) is 6.47. The highest BCUT2D eigenvalue weighted by atomic mass is 16.2. The van der Waals surface area contributed by atoms with Gasteiger partial charge in [0.1, 0.15) is 0 Å². The van der Waals surface area contributed by atoms with Crippen LogP contribution in [-0.4, -0.2) is 30.3 Å². The molecule has 5 nitrogen and oxygen atoms in total. The molecule has 1 atom stereocenters. The number of benzene rings is 2. The molecule has 1 unspecified atom stereocenters. The van der Waals surface area contributed by atoms with Crippen LogP contribution in [0.4, 0.5) is 0 Å². The summed E-state index contributed by atoms with van der Waals surface area (Å²) in [6.45, 7) is 2.79. The third-order valence-electron chi connectivity index (χ3n) is 4.76. The van der Waals surface area contributed by atoms with Crippen molar-refractivity contribution in [3.05, 3.63) is 70.8 Å². The molecule has 0 aromatic heterocycles. The largest absolute Gasteiger partial charge is 0.299 e. The normalized spacial score (nSPS) is 16.8. The van der Waals surface area contributed by atoms with Crippen LogP contribution in [-0.2, 0) is 11.2 Å². The Balaban J connectivity index is 1.61. The summed E-state index contributed by atoms with van der Waals surface area (Å²) >= 11 is 0. The standard InChI is InChI=1S/C20H23N3O2/c1-14-7-3-5-9-16(14)20(25)22-21-19(24)13-18-17-10-6-4-8-15(17)11-12-23(18)2/h3-10,18H,11-13H2,1-2H3,(H,21,24)(H,22,25). The monoisotopic (exact) mass is 337 g/mol. The Labute approximate surface area is 148 Å². The maximum Gasteiger partial charge on any atom is 0.269 e. The highest BCUT2D eigenvalue weighted by Gasteiger charge is 2.26. The summed E-state index contributed by atoms with van der Waals surface area (Å²) in [6.07, 6.45) is 1.30. The SMILES string of the molecule is Cc1ccccc1C(=O)NNC(=O)CC1c2ccccc2CCN1C. The number of nitrogens with zero attached hydrogens (tertiary/aromatic N) is 1. The van der Waals surface area contributed by atoms with Gasteiger partial charge in [-0.1, -0.05) is 42.5 Å². The summed E-state index contributed by atoms with van der Waals surface area (Å²) in [7, 11) is 2.03. The first-order valence-corrected chi connectivity index (χ1v) is 8.49. The molecule has 2 aromatic rings. The maximum atomic E-state index is 12.3. The Morgan fingerprint density at radius 2 is 1.80 bits per heavy atom. The van der Waals surface area contributed by atoms with Gasteiger partial charge in [0.25, 0.3) is 5.91 Å². The summed E-state index contributed by atoms with van der Waals surface area (Å²) in [5.74, 6) is -0.501. The lowest BCUT2D eigenvalue weighted by Crippen LogP contribution is -2.44. The molecule has 0 radical (unpaired) electrons. The highest BCUT2D eigenvalue weighted by molar-refractivity contribution is 5.96. The van der Waals surface area contributed by atoms with E-state index in [1.54, 1.807) is 12.1 Å². The van der Waals surface area contributed by atoms with Crippen LogP contribution in [0.1, 0.15) is 39.5 Å². The molecule has 0 fully saturated rings. The van der Waals surface area contributed by atoms with Crippen LogP contribution in [0.15, 0.2) is 48.5 Å². The molecule has 2 aromatic carbocycles. The number of likely N-dealkylation sites (N-methyl/N-ethyl adjacent to an activating group) is 1. The molecule has 2 N–H and O–H groups in total. The van der Waals surface area contributed by atoms with E-state index in [0.717, 1.165) is 18.5 Å². The molecule has 1 heterocycles. The molecular formula is C20H23N3O2. The summed E-state index contributed by atoms with van der Waals surface area (Å²) < 4.78 is 0. The minimum Gasteiger partial charge on any atom is -0.299 e. The zero-order chi connectivity index (χ0) is 17.8. The summed E-state index contributed by atoms with van der Waals surface area (Å²) in [4.78, 5) is 26.7. The van der Waals surface area contributed by atoms with Crippen LogP contribution in [0.2, 0.25) is 0 Å². The minimum absolute atomic E-state index is 0.0281. The summed E-state index contributed by atoms with van der Waals surface area (Å²) in [5.41, 5.74) is 8.97. The van der Waals surface area contributed by atoms with Gasteiger partial charge in [-0.2, -0.15) is 0 Å². The smallest absolute Gasteiger partial charge is 0.269 e. The van der Waals surface area contributed by atoms with Crippen LogP contribution >= 0.6 is 0 Å². The Morgan fingerprint density at radius 3 is 2.60 bits per heavy atom. The number of hydrogen-bond donors (Lipinski definition) is 2. The summed E-state index contributed by atoms with van der Waals surface area (Å²) in [5, 5.41) is 0. The first-order chi connectivity index (χ1) is 12.1. The molecule has 130 valence electrons. The van der Waals surface area contributed by atoms with Crippen molar-refractivity contribution in [3.8, 4) is 0 Å². The number of fused-ring (bicyclic) bond motifs is 1. The number of aryl methyl sites for hydroxylation is 1. The second-order valence-corrected chi connectivity index (χ2v) is 6.47. The average molecular weight is 337 g/mol. The molecule has 0 saturated carbocycles. The maximum absolute atomic E-state index is 12.3. The fourth-order valence-corrected chi connectivity index (χ4v) is 3.29. The average Bonchev–Trinajstić information content (AvgIpc) is 2.62. The Morgan fingerprint density at radius 1 is 1.08 bits per heavy atom. The summed E-state index contributed by atoms with van der Waals surface area (Å²) in [6, 6.07) is 15.5. The van der Waals surface area contributed by atoms with Crippen LogP contribution < -0.4 is 10.9 Å². The van der Waals surface area contributed by atoms with Crippen molar-refractivity contribution >= 4 is 11.8 Å². The van der Waals surface area contributed by atoms with Crippen molar-refractivity contribution < 1.29 is 9.59 Å². The van der Waals surface area contributed by atoms with Gasteiger partial charge >= 0.3 is 0 Å². The molecule has 1 aliphatic heterocycles. The number of hydrogen-bond acceptors (Lipinski definition) is 3. The van der Waals surface area contributed by atoms with Crippen molar-refractivity contribution in [2.45, 2.75) is 25.8 Å². The van der Waals surface area contributed by atoms with Crippen LogP contribution in [0, 0.1) is 6.92 Å². The van der Waals surface area contributed by atoms with Crippen molar-refractivity contribution in [3.63, 3.8) is 0 Å². The molecular weight excluding hydrogens is 314 g/mol. The number of rotatable bonds is 3. The number of amides is 2. The van der Waals surface area contributed by atoms with Gasteiger partial charge < -0.3 is 0 Å². The molecule has 2 amide bonds. The Hall–Kier alpha value is -2.66. The van der Waals surface area contributed by atoms with Crippen LogP contribution in [0.5, 0.6) is 0 Å². The fraction of sp³-hybridized carbons (Fsp3) is 0.300. The van der Waals surface area contributed by atoms with Crippen molar-refractivity contribution in [2.75, 3.05) is 13.6 Å². The Kier molecular flexibility index (Phi) is 5.14. The zero-order valence-electron chi connectivity index (χ0n) is 14.6. The number of hydrazine groups is 1. The molecule has 3 rings (SSSR count). The number of carbonyl (C=O) groups is 2. The molecule has 0 spiro atoms. The lowest BCUT2D eigenvalue weighted by molar-refractivity contribution is -0.123.